The fourth-order valence-electron chi connectivity index (χ4n) is 4.91. The Balaban J connectivity index is 1.21. The molecular weight excluding hydrogens is 406 g/mol. The summed E-state index contributed by atoms with van der Waals surface area (Å²) in [6.07, 6.45) is 3.78. The van der Waals surface area contributed by atoms with Crippen LogP contribution in [0.25, 0.3) is 10.9 Å². The smallest absolute Gasteiger partial charge is 0.253 e. The van der Waals surface area contributed by atoms with Gasteiger partial charge in [0.1, 0.15) is 0 Å². The number of pyridine rings is 1. The number of hydrogen-bond donors (Lipinski definition) is 1. The lowest BCUT2D eigenvalue weighted by Crippen LogP contribution is -2.37. The molecular formula is C29H29N3O. The maximum Gasteiger partial charge on any atom is 0.253 e. The van der Waals surface area contributed by atoms with E-state index in [1.165, 1.54) is 11.1 Å². The molecule has 5 rings (SSSR count). The zero-order valence-electron chi connectivity index (χ0n) is 18.7. The van der Waals surface area contributed by atoms with Crippen LogP contribution in [-0.2, 0) is 0 Å². The average Bonchev–Trinajstić information content (AvgIpc) is 3.32. The van der Waals surface area contributed by atoms with Gasteiger partial charge < -0.3 is 10.2 Å². The summed E-state index contributed by atoms with van der Waals surface area (Å²) in [5, 5.41) is 4.24. The van der Waals surface area contributed by atoms with Crippen LogP contribution < -0.4 is 5.32 Å². The Morgan fingerprint density at radius 1 is 0.909 bits per heavy atom. The average molecular weight is 436 g/mol. The number of carbonyl (C=O) groups excluding carboxylic acids is 1. The molecule has 0 bridgehead atoms. The lowest BCUT2D eigenvalue weighted by molar-refractivity contribution is 0.0939. The second-order valence-corrected chi connectivity index (χ2v) is 8.80. The van der Waals surface area contributed by atoms with Gasteiger partial charge in [-0.05, 0) is 42.6 Å². The van der Waals surface area contributed by atoms with Gasteiger partial charge in [0, 0.05) is 36.6 Å². The maximum absolute atomic E-state index is 13.0. The second-order valence-electron chi connectivity index (χ2n) is 8.80. The Bertz CT molecular complexity index is 1160. The topological polar surface area (TPSA) is 45.2 Å². The first-order chi connectivity index (χ1) is 16.3. The Morgan fingerprint density at radius 2 is 1.61 bits per heavy atom. The van der Waals surface area contributed by atoms with Crippen LogP contribution in [0.1, 0.15) is 40.2 Å². The number of likely N-dealkylation sites (tertiary alicyclic amines) is 1. The van der Waals surface area contributed by atoms with Gasteiger partial charge in [0.15, 0.2) is 0 Å². The molecule has 2 heterocycles. The number of aromatic nitrogens is 1. The fourth-order valence-corrected chi connectivity index (χ4v) is 4.91. The molecule has 1 fully saturated rings. The van der Waals surface area contributed by atoms with E-state index in [1.54, 1.807) is 6.20 Å². The fraction of sp³-hybridized carbons (Fsp3) is 0.241. The van der Waals surface area contributed by atoms with E-state index >= 15 is 0 Å². The van der Waals surface area contributed by atoms with E-state index in [1.807, 2.05) is 30.3 Å². The minimum Gasteiger partial charge on any atom is -0.348 e. The molecule has 4 aromatic rings. The van der Waals surface area contributed by atoms with Crippen molar-refractivity contribution in [3.05, 3.63) is 114 Å². The molecule has 166 valence electrons. The Kier molecular flexibility index (Phi) is 6.45. The molecule has 1 amide bonds. The highest BCUT2D eigenvalue weighted by atomic mass is 16.1. The van der Waals surface area contributed by atoms with E-state index < -0.39 is 0 Å². The molecule has 0 saturated carbocycles. The van der Waals surface area contributed by atoms with Crippen molar-refractivity contribution in [2.45, 2.75) is 24.8 Å². The number of nitrogens with one attached hydrogen (secondary N) is 1. The Hall–Kier alpha value is -3.50. The van der Waals surface area contributed by atoms with Crippen molar-refractivity contribution in [1.29, 1.82) is 0 Å². The van der Waals surface area contributed by atoms with Crippen LogP contribution in [0.2, 0.25) is 0 Å². The molecule has 4 nitrogen and oxygen atoms in total. The van der Waals surface area contributed by atoms with Gasteiger partial charge in [-0.15, -0.1) is 0 Å². The highest BCUT2D eigenvalue weighted by molar-refractivity contribution is 6.05. The summed E-state index contributed by atoms with van der Waals surface area (Å²) in [6.45, 7) is 2.91. The summed E-state index contributed by atoms with van der Waals surface area (Å²) in [7, 11) is 0. The van der Waals surface area contributed by atoms with E-state index in [2.05, 4.69) is 75.9 Å². The number of carbonyl (C=O) groups is 1. The van der Waals surface area contributed by atoms with Crippen LogP contribution >= 0.6 is 0 Å². The van der Waals surface area contributed by atoms with Crippen molar-refractivity contribution in [2.24, 2.45) is 0 Å². The highest BCUT2D eigenvalue weighted by Crippen LogP contribution is 2.28. The van der Waals surface area contributed by atoms with Crippen molar-refractivity contribution in [3.63, 3.8) is 0 Å². The summed E-state index contributed by atoms with van der Waals surface area (Å²) in [6, 6.07) is 31.4. The zero-order valence-corrected chi connectivity index (χ0v) is 18.7. The highest BCUT2D eigenvalue weighted by Gasteiger charge is 2.26. The molecule has 0 aliphatic carbocycles. The van der Waals surface area contributed by atoms with Gasteiger partial charge in [0.2, 0.25) is 0 Å². The van der Waals surface area contributed by atoms with Gasteiger partial charge in [-0.3, -0.25) is 9.78 Å². The molecule has 0 spiro atoms. The van der Waals surface area contributed by atoms with Crippen LogP contribution in [0.3, 0.4) is 0 Å². The predicted octanol–water partition coefficient (Wildman–Crippen LogP) is 5.26. The van der Waals surface area contributed by atoms with E-state index in [0.717, 1.165) is 43.4 Å². The van der Waals surface area contributed by atoms with Crippen molar-refractivity contribution in [2.75, 3.05) is 19.6 Å². The van der Waals surface area contributed by atoms with Crippen molar-refractivity contribution in [1.82, 2.24) is 15.2 Å². The normalized spacial score (nSPS) is 16.3. The SMILES string of the molecule is O=C(NC1CCN(CCC(c2ccccc2)c2ccccc2)C1)c1cccc2cccnc12. The summed E-state index contributed by atoms with van der Waals surface area (Å²) >= 11 is 0. The molecule has 1 unspecified atom stereocenters. The number of amides is 1. The molecule has 1 aliphatic heterocycles. The quantitative estimate of drug-likeness (QED) is 0.431. The molecule has 1 N–H and O–H groups in total. The largest absolute Gasteiger partial charge is 0.348 e. The van der Waals surface area contributed by atoms with E-state index in [-0.39, 0.29) is 11.9 Å². The number of para-hydroxylation sites is 1. The minimum atomic E-state index is -0.0300. The number of benzene rings is 3. The molecule has 1 aliphatic rings. The third-order valence-electron chi connectivity index (χ3n) is 6.62. The molecule has 33 heavy (non-hydrogen) atoms. The number of hydrogen-bond acceptors (Lipinski definition) is 3. The van der Waals surface area contributed by atoms with Gasteiger partial charge in [-0.2, -0.15) is 0 Å². The van der Waals surface area contributed by atoms with Crippen molar-refractivity contribution >= 4 is 16.8 Å². The first-order valence-electron chi connectivity index (χ1n) is 11.7. The van der Waals surface area contributed by atoms with Crippen LogP contribution in [-0.4, -0.2) is 41.5 Å². The predicted molar refractivity (Wildman–Crippen MR) is 133 cm³/mol. The van der Waals surface area contributed by atoms with Crippen LogP contribution in [0.4, 0.5) is 0 Å². The summed E-state index contributed by atoms with van der Waals surface area (Å²) in [5.41, 5.74) is 4.13. The van der Waals surface area contributed by atoms with Gasteiger partial charge in [0.25, 0.3) is 5.91 Å². The molecule has 4 heteroatoms. The maximum atomic E-state index is 13.0. The zero-order chi connectivity index (χ0) is 22.5. The van der Waals surface area contributed by atoms with E-state index in [0.29, 0.717) is 11.5 Å². The first kappa shape index (κ1) is 21.4. The number of nitrogens with zero attached hydrogens (tertiary/aromatic N) is 2. The van der Waals surface area contributed by atoms with Gasteiger partial charge >= 0.3 is 0 Å². The van der Waals surface area contributed by atoms with Crippen LogP contribution in [0, 0.1) is 0 Å². The third kappa shape index (κ3) is 4.96. The summed E-state index contributed by atoms with van der Waals surface area (Å²) < 4.78 is 0. The molecule has 1 saturated heterocycles. The number of rotatable bonds is 7. The molecule has 1 aromatic heterocycles. The third-order valence-corrected chi connectivity index (χ3v) is 6.62. The van der Waals surface area contributed by atoms with Gasteiger partial charge in [-0.25, -0.2) is 0 Å². The van der Waals surface area contributed by atoms with Crippen LogP contribution in [0.5, 0.6) is 0 Å². The second kappa shape index (κ2) is 9.97. The standard InChI is InChI=1S/C29H29N3O/c33-29(27-15-7-13-24-14-8-18-30-28(24)27)31-25-16-19-32(21-25)20-17-26(22-9-3-1-4-10-22)23-11-5-2-6-12-23/h1-15,18,25-26H,16-17,19-21H2,(H,31,33). The monoisotopic (exact) mass is 435 g/mol. The van der Waals surface area contributed by atoms with E-state index in [9.17, 15) is 4.79 Å². The lowest BCUT2D eigenvalue weighted by atomic mass is 9.88. The summed E-state index contributed by atoms with van der Waals surface area (Å²) in [5.74, 6) is 0.348. The Morgan fingerprint density at radius 3 is 2.33 bits per heavy atom. The first-order valence-corrected chi connectivity index (χ1v) is 11.7. The minimum absolute atomic E-state index is 0.0300. The Labute approximate surface area is 195 Å². The molecule has 1 atom stereocenters. The summed E-state index contributed by atoms with van der Waals surface area (Å²) in [4.78, 5) is 19.9. The van der Waals surface area contributed by atoms with Gasteiger partial charge in [-0.1, -0.05) is 78.9 Å². The van der Waals surface area contributed by atoms with Crippen LogP contribution in [0.15, 0.2) is 97.2 Å². The van der Waals surface area contributed by atoms with Gasteiger partial charge in [0.05, 0.1) is 11.1 Å². The van der Waals surface area contributed by atoms with Crippen molar-refractivity contribution < 1.29 is 4.79 Å². The van der Waals surface area contributed by atoms with E-state index in [4.69, 9.17) is 0 Å². The molecule has 0 radical (unpaired) electrons. The lowest BCUT2D eigenvalue weighted by Gasteiger charge is -2.22. The van der Waals surface area contributed by atoms with Crippen molar-refractivity contribution in [3.8, 4) is 0 Å². The molecule has 3 aromatic carbocycles. The number of fused-ring (bicyclic) bond motifs is 1.